The van der Waals surface area contributed by atoms with E-state index in [4.69, 9.17) is 0 Å². The van der Waals surface area contributed by atoms with E-state index < -0.39 is 0 Å². The van der Waals surface area contributed by atoms with E-state index in [0.717, 1.165) is 19.5 Å². The van der Waals surface area contributed by atoms with Crippen LogP contribution in [0.1, 0.15) is 12.0 Å². The van der Waals surface area contributed by atoms with Crippen LogP contribution in [0.4, 0.5) is 5.69 Å². The van der Waals surface area contributed by atoms with Crippen molar-refractivity contribution in [2.24, 2.45) is 0 Å². The van der Waals surface area contributed by atoms with Crippen LogP contribution < -0.4 is 4.90 Å². The Labute approximate surface area is 118 Å². The van der Waals surface area contributed by atoms with Crippen LogP contribution in [0.25, 0.3) is 5.57 Å². The second-order valence-corrected chi connectivity index (χ2v) is 4.96. The van der Waals surface area contributed by atoms with Crippen molar-refractivity contribution in [3.63, 3.8) is 0 Å². The van der Waals surface area contributed by atoms with Gasteiger partial charge in [0.15, 0.2) is 0 Å². The fourth-order valence-electron chi connectivity index (χ4n) is 2.57. The minimum Gasteiger partial charge on any atom is -0.508 e. The van der Waals surface area contributed by atoms with Crippen molar-refractivity contribution in [3.05, 3.63) is 60.2 Å². The zero-order valence-electron chi connectivity index (χ0n) is 11.2. The number of anilines is 1. The van der Waals surface area contributed by atoms with Crippen molar-refractivity contribution in [3.8, 4) is 11.5 Å². The van der Waals surface area contributed by atoms with Gasteiger partial charge >= 0.3 is 0 Å². The third-order valence-electron chi connectivity index (χ3n) is 3.65. The lowest BCUT2D eigenvalue weighted by molar-refractivity contribution is 0.459. The molecular weight excluding hydrogens is 250 g/mol. The summed E-state index contributed by atoms with van der Waals surface area (Å²) in [5, 5.41) is 19.4. The summed E-state index contributed by atoms with van der Waals surface area (Å²) < 4.78 is 0. The summed E-state index contributed by atoms with van der Waals surface area (Å²) in [4.78, 5) is 2.07. The van der Waals surface area contributed by atoms with E-state index >= 15 is 0 Å². The molecule has 0 spiro atoms. The van der Waals surface area contributed by atoms with Crippen molar-refractivity contribution in [2.45, 2.75) is 6.42 Å². The molecule has 0 fully saturated rings. The lowest BCUT2D eigenvalue weighted by Gasteiger charge is -2.29. The van der Waals surface area contributed by atoms with Gasteiger partial charge in [0.1, 0.15) is 11.5 Å². The summed E-state index contributed by atoms with van der Waals surface area (Å²) in [6.45, 7) is 1.57. The Bertz CT molecular complexity index is 635. The number of phenols is 2. The molecule has 0 saturated carbocycles. The number of rotatable bonds is 2. The van der Waals surface area contributed by atoms with Gasteiger partial charge in [-0.2, -0.15) is 0 Å². The fourth-order valence-corrected chi connectivity index (χ4v) is 2.57. The Kier molecular flexibility index (Phi) is 3.33. The second kappa shape index (κ2) is 5.29. The molecule has 1 aliphatic heterocycles. The lowest BCUT2D eigenvalue weighted by Crippen LogP contribution is -2.28. The number of hydrogen-bond acceptors (Lipinski definition) is 3. The van der Waals surface area contributed by atoms with Crippen molar-refractivity contribution < 1.29 is 10.2 Å². The molecule has 0 unspecified atom stereocenters. The van der Waals surface area contributed by atoms with E-state index in [-0.39, 0.29) is 11.5 Å². The maximum absolute atomic E-state index is 9.90. The molecule has 0 aliphatic carbocycles. The van der Waals surface area contributed by atoms with Crippen LogP contribution in [0.15, 0.2) is 54.6 Å². The molecule has 0 amide bonds. The molecule has 1 aliphatic rings. The molecule has 2 N–H and O–H groups in total. The van der Waals surface area contributed by atoms with E-state index in [1.807, 2.05) is 18.2 Å². The number of nitrogens with zero attached hydrogens (tertiary/aromatic N) is 1. The van der Waals surface area contributed by atoms with Gasteiger partial charge in [-0.3, -0.25) is 0 Å². The number of benzene rings is 2. The quantitative estimate of drug-likeness (QED) is 0.820. The fraction of sp³-hybridized carbons (Fsp3) is 0.176. The Morgan fingerprint density at radius 2 is 1.75 bits per heavy atom. The van der Waals surface area contributed by atoms with E-state index in [0.29, 0.717) is 5.69 Å². The molecular formula is C17H17NO2. The number of hydrogen-bond donors (Lipinski definition) is 2. The SMILES string of the molecule is Oc1ccc(O)c(N2CC=C(c3ccccc3)CC2)c1. The highest BCUT2D eigenvalue weighted by atomic mass is 16.3. The normalized spacial score (nSPS) is 15.0. The summed E-state index contributed by atoms with van der Waals surface area (Å²) in [5.41, 5.74) is 3.28. The Morgan fingerprint density at radius 3 is 2.45 bits per heavy atom. The predicted octanol–water partition coefficient (Wildman–Crippen LogP) is 3.39. The summed E-state index contributed by atoms with van der Waals surface area (Å²) in [5.74, 6) is 0.384. The molecule has 3 nitrogen and oxygen atoms in total. The van der Waals surface area contributed by atoms with Crippen LogP contribution >= 0.6 is 0 Å². The topological polar surface area (TPSA) is 43.7 Å². The van der Waals surface area contributed by atoms with Gasteiger partial charge in [-0.1, -0.05) is 36.4 Å². The summed E-state index contributed by atoms with van der Waals surface area (Å²) >= 11 is 0. The smallest absolute Gasteiger partial charge is 0.139 e. The minimum atomic E-state index is 0.177. The van der Waals surface area contributed by atoms with Crippen LogP contribution in [-0.4, -0.2) is 23.3 Å². The molecule has 0 bridgehead atoms. The first-order chi connectivity index (χ1) is 9.74. The molecule has 2 aromatic rings. The highest BCUT2D eigenvalue weighted by molar-refractivity contribution is 5.70. The summed E-state index contributed by atoms with van der Waals surface area (Å²) in [6, 6.07) is 15.0. The summed E-state index contributed by atoms with van der Waals surface area (Å²) in [7, 11) is 0. The van der Waals surface area contributed by atoms with Crippen LogP contribution in [0, 0.1) is 0 Å². The van der Waals surface area contributed by atoms with Crippen molar-refractivity contribution >= 4 is 11.3 Å². The van der Waals surface area contributed by atoms with Gasteiger partial charge in [-0.25, -0.2) is 0 Å². The van der Waals surface area contributed by atoms with E-state index in [9.17, 15) is 10.2 Å². The molecule has 0 aromatic heterocycles. The third kappa shape index (κ3) is 2.48. The molecule has 0 radical (unpaired) electrons. The summed E-state index contributed by atoms with van der Waals surface area (Å²) in [6.07, 6.45) is 3.11. The van der Waals surface area contributed by atoms with Gasteiger partial charge in [0, 0.05) is 19.2 Å². The van der Waals surface area contributed by atoms with E-state index in [1.54, 1.807) is 6.07 Å². The second-order valence-electron chi connectivity index (χ2n) is 4.96. The van der Waals surface area contributed by atoms with Gasteiger partial charge in [0.05, 0.1) is 5.69 Å². The standard InChI is InChI=1S/C17H17NO2/c19-15-6-7-17(20)16(12-15)18-10-8-14(9-11-18)13-4-2-1-3-5-13/h1-8,12,19-20H,9-11H2. The van der Waals surface area contributed by atoms with Crippen molar-refractivity contribution in [2.75, 3.05) is 18.0 Å². The minimum absolute atomic E-state index is 0.177. The number of aromatic hydroxyl groups is 2. The van der Waals surface area contributed by atoms with Crippen molar-refractivity contribution in [1.29, 1.82) is 0 Å². The molecule has 102 valence electrons. The van der Waals surface area contributed by atoms with Crippen LogP contribution in [0.5, 0.6) is 11.5 Å². The van der Waals surface area contributed by atoms with Crippen molar-refractivity contribution in [1.82, 2.24) is 0 Å². The van der Waals surface area contributed by atoms with Gasteiger partial charge in [-0.05, 0) is 29.7 Å². The molecule has 0 saturated heterocycles. The predicted molar refractivity (Wildman–Crippen MR) is 81.0 cm³/mol. The first kappa shape index (κ1) is 12.6. The average molecular weight is 267 g/mol. The molecule has 1 heterocycles. The Morgan fingerprint density at radius 1 is 0.950 bits per heavy atom. The molecule has 20 heavy (non-hydrogen) atoms. The van der Waals surface area contributed by atoms with Gasteiger partial charge < -0.3 is 15.1 Å². The maximum Gasteiger partial charge on any atom is 0.139 e. The van der Waals surface area contributed by atoms with E-state index in [1.165, 1.54) is 23.3 Å². The van der Waals surface area contributed by atoms with Crippen LogP contribution in [-0.2, 0) is 0 Å². The lowest BCUT2D eigenvalue weighted by atomic mass is 9.99. The van der Waals surface area contributed by atoms with Gasteiger partial charge in [0.25, 0.3) is 0 Å². The molecule has 3 heteroatoms. The van der Waals surface area contributed by atoms with Gasteiger partial charge in [0.2, 0.25) is 0 Å². The average Bonchev–Trinajstić information content (AvgIpc) is 2.51. The Hall–Kier alpha value is -2.42. The molecule has 2 aromatic carbocycles. The van der Waals surface area contributed by atoms with Gasteiger partial charge in [-0.15, -0.1) is 0 Å². The van der Waals surface area contributed by atoms with E-state index in [2.05, 4.69) is 23.1 Å². The largest absolute Gasteiger partial charge is 0.508 e. The zero-order valence-corrected chi connectivity index (χ0v) is 11.2. The first-order valence-corrected chi connectivity index (χ1v) is 6.75. The molecule has 0 atom stereocenters. The first-order valence-electron chi connectivity index (χ1n) is 6.75. The Balaban J connectivity index is 1.81. The monoisotopic (exact) mass is 267 g/mol. The van der Waals surface area contributed by atoms with Crippen LogP contribution in [0.3, 0.4) is 0 Å². The zero-order chi connectivity index (χ0) is 13.9. The highest BCUT2D eigenvalue weighted by Gasteiger charge is 2.16. The molecule has 3 rings (SSSR count). The number of phenolic OH excluding ortho intramolecular Hbond substituents is 2. The maximum atomic E-state index is 9.90. The third-order valence-corrected chi connectivity index (χ3v) is 3.65. The highest BCUT2D eigenvalue weighted by Crippen LogP contribution is 2.33. The van der Waals surface area contributed by atoms with Crippen LogP contribution in [0.2, 0.25) is 0 Å².